The van der Waals surface area contributed by atoms with Crippen molar-refractivity contribution in [1.29, 1.82) is 0 Å². The SMILES string of the molecule is CC(C)CC(=O)Nc1ccc(-c2ncc(-c3ccc(NC(=O)[C@@H](NC(=O)OCc4ccccc4)C(C)C)cc3)o2)cc1. The summed E-state index contributed by atoms with van der Waals surface area (Å²) in [5.41, 5.74) is 3.71. The largest absolute Gasteiger partial charge is 0.445 e. The van der Waals surface area contributed by atoms with Crippen LogP contribution >= 0.6 is 0 Å². The first kappa shape index (κ1) is 30.0. The number of oxazole rings is 1. The maximum absolute atomic E-state index is 13.0. The molecule has 0 unspecified atom stereocenters. The van der Waals surface area contributed by atoms with Crippen molar-refractivity contribution in [2.24, 2.45) is 11.8 Å². The molecule has 1 atom stereocenters. The first-order valence-corrected chi connectivity index (χ1v) is 13.9. The highest BCUT2D eigenvalue weighted by atomic mass is 16.5. The van der Waals surface area contributed by atoms with E-state index in [0.29, 0.717) is 29.4 Å². The van der Waals surface area contributed by atoms with Crippen molar-refractivity contribution in [3.63, 3.8) is 0 Å². The fourth-order valence-electron chi connectivity index (χ4n) is 4.18. The number of hydrogen-bond acceptors (Lipinski definition) is 6. The summed E-state index contributed by atoms with van der Waals surface area (Å²) in [6.07, 6.45) is 1.45. The molecular weight excluding hydrogens is 532 g/mol. The lowest BCUT2D eigenvalue weighted by Gasteiger charge is -2.21. The van der Waals surface area contributed by atoms with Gasteiger partial charge in [0, 0.05) is 28.9 Å². The quantitative estimate of drug-likeness (QED) is 0.181. The van der Waals surface area contributed by atoms with Gasteiger partial charge in [-0.05, 0) is 65.9 Å². The van der Waals surface area contributed by atoms with E-state index in [0.717, 1.165) is 16.7 Å². The predicted molar refractivity (Wildman–Crippen MR) is 162 cm³/mol. The Labute approximate surface area is 245 Å². The van der Waals surface area contributed by atoms with E-state index in [9.17, 15) is 14.4 Å². The van der Waals surface area contributed by atoms with Crippen LogP contribution in [0, 0.1) is 11.8 Å². The molecule has 1 aromatic heterocycles. The summed E-state index contributed by atoms with van der Waals surface area (Å²) in [7, 11) is 0. The van der Waals surface area contributed by atoms with Gasteiger partial charge in [-0.1, -0.05) is 58.0 Å². The number of benzene rings is 3. The highest BCUT2D eigenvalue weighted by Gasteiger charge is 2.25. The molecule has 42 heavy (non-hydrogen) atoms. The zero-order chi connectivity index (χ0) is 30.1. The van der Waals surface area contributed by atoms with Crippen molar-refractivity contribution >= 4 is 29.3 Å². The first-order chi connectivity index (χ1) is 20.2. The third kappa shape index (κ3) is 8.54. The lowest BCUT2D eigenvalue weighted by molar-refractivity contribution is -0.119. The zero-order valence-corrected chi connectivity index (χ0v) is 24.2. The minimum atomic E-state index is -0.778. The third-order valence-electron chi connectivity index (χ3n) is 6.39. The molecule has 3 amide bonds. The van der Waals surface area contributed by atoms with Crippen LogP contribution in [0.3, 0.4) is 0 Å². The molecule has 4 rings (SSSR count). The van der Waals surface area contributed by atoms with Crippen molar-refractivity contribution < 1.29 is 23.5 Å². The second kappa shape index (κ2) is 14.1. The van der Waals surface area contributed by atoms with Crippen molar-refractivity contribution in [2.45, 2.75) is 46.8 Å². The molecule has 3 N–H and O–H groups in total. The van der Waals surface area contributed by atoms with Gasteiger partial charge >= 0.3 is 6.09 Å². The van der Waals surface area contributed by atoms with Gasteiger partial charge in [-0.3, -0.25) is 9.59 Å². The first-order valence-electron chi connectivity index (χ1n) is 13.9. The van der Waals surface area contributed by atoms with Crippen molar-refractivity contribution in [3.05, 3.63) is 90.6 Å². The van der Waals surface area contributed by atoms with Crippen LogP contribution in [0.15, 0.2) is 89.5 Å². The second-order valence-corrected chi connectivity index (χ2v) is 10.7. The third-order valence-corrected chi connectivity index (χ3v) is 6.39. The molecule has 0 aliphatic heterocycles. The van der Waals surface area contributed by atoms with Gasteiger partial charge in [0.15, 0.2) is 5.76 Å². The van der Waals surface area contributed by atoms with Gasteiger partial charge in [-0.15, -0.1) is 0 Å². The molecule has 1 heterocycles. The number of alkyl carbamates (subject to hydrolysis) is 1. The fourth-order valence-corrected chi connectivity index (χ4v) is 4.18. The van der Waals surface area contributed by atoms with Gasteiger partial charge in [-0.25, -0.2) is 9.78 Å². The van der Waals surface area contributed by atoms with E-state index in [1.807, 2.05) is 94.4 Å². The van der Waals surface area contributed by atoms with Gasteiger partial charge in [-0.2, -0.15) is 0 Å². The Bertz CT molecular complexity index is 1480. The topological polar surface area (TPSA) is 123 Å². The van der Waals surface area contributed by atoms with E-state index >= 15 is 0 Å². The van der Waals surface area contributed by atoms with Crippen LogP contribution in [0.4, 0.5) is 16.2 Å². The lowest BCUT2D eigenvalue weighted by atomic mass is 10.0. The average molecular weight is 569 g/mol. The minimum Gasteiger partial charge on any atom is -0.445 e. The van der Waals surface area contributed by atoms with Crippen LogP contribution in [-0.4, -0.2) is 28.9 Å². The van der Waals surface area contributed by atoms with Gasteiger partial charge in [0.2, 0.25) is 17.7 Å². The minimum absolute atomic E-state index is 0.0203. The second-order valence-electron chi connectivity index (χ2n) is 10.7. The molecule has 0 fully saturated rings. The normalized spacial score (nSPS) is 11.7. The van der Waals surface area contributed by atoms with Gasteiger partial charge in [0.05, 0.1) is 6.20 Å². The van der Waals surface area contributed by atoms with E-state index in [-0.39, 0.29) is 30.3 Å². The Morgan fingerprint density at radius 3 is 2.05 bits per heavy atom. The number of nitrogens with zero attached hydrogens (tertiary/aromatic N) is 1. The number of anilines is 2. The van der Waals surface area contributed by atoms with Crippen LogP contribution < -0.4 is 16.0 Å². The van der Waals surface area contributed by atoms with Crippen LogP contribution in [0.25, 0.3) is 22.8 Å². The maximum Gasteiger partial charge on any atom is 0.408 e. The molecule has 0 aliphatic carbocycles. The Balaban J connectivity index is 1.33. The van der Waals surface area contributed by atoms with Gasteiger partial charge < -0.3 is 25.1 Å². The summed E-state index contributed by atoms with van der Waals surface area (Å²) in [6.45, 7) is 7.82. The Morgan fingerprint density at radius 1 is 0.810 bits per heavy atom. The number of amides is 3. The summed E-state index contributed by atoms with van der Waals surface area (Å²) < 4.78 is 11.2. The Morgan fingerprint density at radius 2 is 1.43 bits per heavy atom. The van der Waals surface area contributed by atoms with Gasteiger partial charge in [0.1, 0.15) is 12.6 Å². The molecule has 3 aromatic carbocycles. The lowest BCUT2D eigenvalue weighted by Crippen LogP contribution is -2.47. The van der Waals surface area contributed by atoms with Crippen molar-refractivity contribution in [3.8, 4) is 22.8 Å². The van der Waals surface area contributed by atoms with E-state index in [2.05, 4.69) is 20.9 Å². The molecule has 0 aliphatic rings. The number of aromatic nitrogens is 1. The van der Waals surface area contributed by atoms with Gasteiger partial charge in [0.25, 0.3) is 0 Å². The summed E-state index contributed by atoms with van der Waals surface area (Å²) in [4.78, 5) is 41.7. The monoisotopic (exact) mass is 568 g/mol. The predicted octanol–water partition coefficient (Wildman–Crippen LogP) is 6.88. The van der Waals surface area contributed by atoms with Crippen LogP contribution in [0.2, 0.25) is 0 Å². The fraction of sp³-hybridized carbons (Fsp3) is 0.273. The standard InChI is InChI=1S/C33H36N4O5/c1-21(2)18-29(38)35-26-16-12-25(13-17-26)32-34-19-28(42-32)24-10-14-27(15-11-24)36-31(39)30(22(3)4)37-33(40)41-20-23-8-6-5-7-9-23/h5-17,19,21-22,30H,18,20H2,1-4H3,(H,35,38)(H,36,39)(H,37,40)/t30-/m0/s1. The number of carbonyl (C=O) groups is 3. The average Bonchev–Trinajstić information content (AvgIpc) is 3.46. The smallest absolute Gasteiger partial charge is 0.408 e. The molecule has 4 aromatic rings. The van der Waals surface area contributed by atoms with E-state index in [4.69, 9.17) is 9.15 Å². The highest BCUT2D eigenvalue weighted by Crippen LogP contribution is 2.28. The number of carbonyl (C=O) groups excluding carboxylic acids is 3. The van der Waals surface area contributed by atoms with Crippen LogP contribution in [0.5, 0.6) is 0 Å². The molecule has 0 bridgehead atoms. The summed E-state index contributed by atoms with van der Waals surface area (Å²) in [6, 6.07) is 23.0. The number of ether oxygens (including phenoxy) is 1. The highest BCUT2D eigenvalue weighted by molar-refractivity contribution is 5.97. The number of rotatable bonds is 11. The van der Waals surface area contributed by atoms with E-state index in [1.165, 1.54) is 0 Å². The molecule has 0 spiro atoms. The van der Waals surface area contributed by atoms with E-state index < -0.39 is 12.1 Å². The van der Waals surface area contributed by atoms with Crippen molar-refractivity contribution in [2.75, 3.05) is 10.6 Å². The molecule has 0 saturated heterocycles. The van der Waals surface area contributed by atoms with Crippen LogP contribution in [-0.2, 0) is 20.9 Å². The zero-order valence-electron chi connectivity index (χ0n) is 24.2. The number of hydrogen-bond donors (Lipinski definition) is 3. The summed E-state index contributed by atoms with van der Waals surface area (Å²) >= 11 is 0. The molecule has 0 radical (unpaired) electrons. The van der Waals surface area contributed by atoms with E-state index in [1.54, 1.807) is 18.3 Å². The summed E-state index contributed by atoms with van der Waals surface area (Å²) in [5.74, 6) is 0.780. The number of nitrogens with one attached hydrogen (secondary N) is 3. The summed E-state index contributed by atoms with van der Waals surface area (Å²) in [5, 5.41) is 8.41. The molecule has 218 valence electrons. The molecule has 9 heteroatoms. The Kier molecular flexibility index (Phi) is 10.1. The molecule has 0 saturated carbocycles. The van der Waals surface area contributed by atoms with Crippen molar-refractivity contribution in [1.82, 2.24) is 10.3 Å². The maximum atomic E-state index is 13.0. The Hall–Kier alpha value is -4.92. The van der Waals surface area contributed by atoms with Crippen LogP contribution in [0.1, 0.15) is 39.7 Å². The molecular formula is C33H36N4O5. The molecule has 9 nitrogen and oxygen atoms in total.